The molecule has 0 aromatic heterocycles. The van der Waals surface area contributed by atoms with Gasteiger partial charge in [0.15, 0.2) is 6.21 Å². The lowest BCUT2D eigenvalue weighted by Crippen LogP contribution is -2.34. The summed E-state index contributed by atoms with van der Waals surface area (Å²) < 4.78 is 2.78. The summed E-state index contributed by atoms with van der Waals surface area (Å²) in [6.07, 6.45) is 2.99. The molecule has 5 heteroatoms. The summed E-state index contributed by atoms with van der Waals surface area (Å²) >= 11 is 2.15. The Bertz CT molecular complexity index is 661. The molecular weight excluding hydrogens is 317 g/mol. The molecule has 3 rings (SSSR count). The molecule has 4 nitrogen and oxygen atoms in total. The zero-order valence-corrected chi connectivity index (χ0v) is 10.9. The van der Waals surface area contributed by atoms with Gasteiger partial charge in [-0.25, -0.2) is 0 Å². The molecule has 0 spiro atoms. The van der Waals surface area contributed by atoms with Crippen molar-refractivity contribution in [1.29, 1.82) is 0 Å². The van der Waals surface area contributed by atoms with E-state index in [1.807, 2.05) is 11.6 Å². The smallest absolute Gasteiger partial charge is 0.259 e. The molecule has 16 heavy (non-hydrogen) atoms. The fourth-order valence-corrected chi connectivity index (χ4v) is 3.03. The molecule has 0 atom stereocenters. The summed E-state index contributed by atoms with van der Waals surface area (Å²) in [5, 5.41) is 12.1. The van der Waals surface area contributed by atoms with Gasteiger partial charge in [-0.15, -0.1) is 0 Å². The Labute approximate surface area is 106 Å². The van der Waals surface area contributed by atoms with E-state index in [1.165, 1.54) is 5.57 Å². The molecule has 0 amide bonds. The topological polar surface area (TPSA) is 61.6 Å². The van der Waals surface area contributed by atoms with Gasteiger partial charge in [-0.05, 0) is 29.0 Å². The third-order valence-corrected chi connectivity index (χ3v) is 4.16. The number of halogens is 1. The molecule has 1 aromatic rings. The van der Waals surface area contributed by atoms with Crippen LogP contribution in [-0.4, -0.2) is 29.5 Å². The van der Waals surface area contributed by atoms with Crippen LogP contribution in [0.3, 0.4) is 0 Å². The first-order valence-electron chi connectivity index (χ1n) is 5.06. The number of benzene rings is 1. The van der Waals surface area contributed by atoms with Crippen molar-refractivity contribution < 1.29 is 9.68 Å². The van der Waals surface area contributed by atoms with Crippen molar-refractivity contribution >= 4 is 45.8 Å². The van der Waals surface area contributed by atoms with Gasteiger partial charge in [-0.1, -0.05) is 0 Å². The highest BCUT2D eigenvalue weighted by atomic mass is 127. The maximum absolute atomic E-state index is 10.1. The number of nitrogens with two attached hydrogens (primary N) is 1. The first-order valence-corrected chi connectivity index (χ1v) is 6.14. The van der Waals surface area contributed by atoms with E-state index in [9.17, 15) is 5.11 Å². The van der Waals surface area contributed by atoms with Crippen molar-refractivity contribution in [3.8, 4) is 5.75 Å². The second-order valence-electron chi connectivity index (χ2n) is 4.05. The third-order valence-electron chi connectivity index (χ3n) is 3.07. The van der Waals surface area contributed by atoms with Gasteiger partial charge in [0.2, 0.25) is 5.75 Å². The number of anilines is 1. The molecule has 0 aliphatic carbocycles. The zero-order chi connectivity index (χ0) is 11.4. The van der Waals surface area contributed by atoms with Gasteiger partial charge >= 0.3 is 0 Å². The standard InChI is InChI=1S/C11H10IN3O/c1-15-4-5-2-3-14-9-6(5)10(15)11(16)8(13)7(9)12/h4H,2-3H2,1H3,(H2,13,14)/p+1. The van der Waals surface area contributed by atoms with Crippen LogP contribution in [0.25, 0.3) is 5.57 Å². The first kappa shape index (κ1) is 10.1. The van der Waals surface area contributed by atoms with Crippen molar-refractivity contribution in [2.24, 2.45) is 4.99 Å². The van der Waals surface area contributed by atoms with Gasteiger partial charge in [0.1, 0.15) is 7.05 Å². The van der Waals surface area contributed by atoms with Gasteiger partial charge in [0.25, 0.3) is 5.69 Å². The molecule has 0 fully saturated rings. The molecule has 82 valence electrons. The summed E-state index contributed by atoms with van der Waals surface area (Å²) in [7, 11) is 1.92. The van der Waals surface area contributed by atoms with Gasteiger partial charge in [-0.3, -0.25) is 4.99 Å². The summed E-state index contributed by atoms with van der Waals surface area (Å²) in [5.74, 6) is 0.175. The maximum Gasteiger partial charge on any atom is 0.259 e. The fraction of sp³-hybridized carbons (Fsp3) is 0.273. The average Bonchev–Trinajstić information content (AvgIpc) is 2.60. The van der Waals surface area contributed by atoms with Crippen LogP contribution < -0.4 is 16.3 Å². The SMILES string of the molecule is C[N+]1=CC2=c3c1c(O)c(N)c(I)c3=NCC2. The van der Waals surface area contributed by atoms with E-state index in [4.69, 9.17) is 5.73 Å². The highest BCUT2D eigenvalue weighted by molar-refractivity contribution is 14.1. The summed E-state index contributed by atoms with van der Waals surface area (Å²) in [4.78, 5) is 4.51. The number of nitrogen functional groups attached to an aromatic ring is 1. The third kappa shape index (κ3) is 1.09. The minimum Gasteiger partial charge on any atom is -0.501 e. The van der Waals surface area contributed by atoms with Crippen LogP contribution in [0.1, 0.15) is 6.42 Å². The van der Waals surface area contributed by atoms with Crippen LogP contribution in [-0.2, 0) is 0 Å². The van der Waals surface area contributed by atoms with Crippen LogP contribution in [0.4, 0.5) is 11.4 Å². The molecule has 2 aliphatic rings. The molecule has 0 radical (unpaired) electrons. The number of hydrogen-bond acceptors (Lipinski definition) is 3. The molecule has 1 aromatic carbocycles. The zero-order valence-electron chi connectivity index (χ0n) is 8.79. The predicted molar refractivity (Wildman–Crippen MR) is 70.8 cm³/mol. The predicted octanol–water partition coefficient (Wildman–Crippen LogP) is 0.111. The molecule has 0 saturated carbocycles. The average molecular weight is 328 g/mol. The molecule has 0 saturated heterocycles. The highest BCUT2D eigenvalue weighted by Crippen LogP contribution is 2.32. The van der Waals surface area contributed by atoms with E-state index in [1.54, 1.807) is 0 Å². The van der Waals surface area contributed by atoms with Crippen LogP contribution in [0.5, 0.6) is 5.75 Å². The molecular formula is C11H11IN3O+. The minimum absolute atomic E-state index is 0.175. The van der Waals surface area contributed by atoms with Crippen molar-refractivity contribution in [3.05, 3.63) is 14.1 Å². The lowest BCUT2D eigenvalue weighted by molar-refractivity contribution is -0.397. The van der Waals surface area contributed by atoms with Crippen molar-refractivity contribution in [3.63, 3.8) is 0 Å². The lowest BCUT2D eigenvalue weighted by Gasteiger charge is -2.07. The van der Waals surface area contributed by atoms with E-state index in [0.717, 1.165) is 32.8 Å². The highest BCUT2D eigenvalue weighted by Gasteiger charge is 2.29. The van der Waals surface area contributed by atoms with Gasteiger partial charge < -0.3 is 10.8 Å². The molecule has 2 heterocycles. The molecule has 0 unspecified atom stereocenters. The van der Waals surface area contributed by atoms with Crippen LogP contribution in [0, 0.1) is 3.57 Å². The van der Waals surface area contributed by atoms with E-state index < -0.39 is 0 Å². The van der Waals surface area contributed by atoms with Crippen molar-refractivity contribution in [2.75, 3.05) is 19.3 Å². The van der Waals surface area contributed by atoms with E-state index >= 15 is 0 Å². The van der Waals surface area contributed by atoms with Gasteiger partial charge in [0.05, 0.1) is 19.8 Å². The molecule has 2 aliphatic heterocycles. The maximum atomic E-state index is 10.1. The van der Waals surface area contributed by atoms with Gasteiger partial charge in [-0.2, -0.15) is 4.58 Å². The largest absolute Gasteiger partial charge is 0.501 e. The Morgan fingerprint density at radius 2 is 2.31 bits per heavy atom. The number of aromatic hydroxyl groups is 1. The normalized spacial score (nSPS) is 16.9. The van der Waals surface area contributed by atoms with Crippen molar-refractivity contribution in [1.82, 2.24) is 0 Å². The van der Waals surface area contributed by atoms with Crippen LogP contribution in [0.15, 0.2) is 4.99 Å². The fourth-order valence-electron chi connectivity index (χ4n) is 2.34. The Balaban J connectivity index is 2.62. The summed E-state index contributed by atoms with van der Waals surface area (Å²) in [6.45, 7) is 0.798. The summed E-state index contributed by atoms with van der Waals surface area (Å²) in [6, 6.07) is 0. The monoisotopic (exact) mass is 328 g/mol. The number of phenolic OH excluding ortho intramolecular Hbond substituents is 1. The van der Waals surface area contributed by atoms with E-state index in [0.29, 0.717) is 5.69 Å². The van der Waals surface area contributed by atoms with E-state index in [-0.39, 0.29) is 5.75 Å². The first-order chi connectivity index (χ1) is 7.61. The lowest BCUT2D eigenvalue weighted by atomic mass is 10.1. The molecule has 3 N–H and O–H groups in total. The Morgan fingerprint density at radius 3 is 3.06 bits per heavy atom. The number of nitrogens with zero attached hydrogens (tertiary/aromatic N) is 2. The van der Waals surface area contributed by atoms with Crippen molar-refractivity contribution in [2.45, 2.75) is 6.42 Å². The second-order valence-corrected chi connectivity index (χ2v) is 5.12. The van der Waals surface area contributed by atoms with Crippen LogP contribution in [0.2, 0.25) is 0 Å². The minimum atomic E-state index is 0.175. The summed E-state index contributed by atoms with van der Waals surface area (Å²) in [5.41, 5.74) is 8.37. The Kier molecular flexibility index (Phi) is 2.01. The number of rotatable bonds is 0. The number of hydrogen-bond donors (Lipinski definition) is 2. The number of phenols is 1. The van der Waals surface area contributed by atoms with E-state index in [2.05, 4.69) is 33.8 Å². The Morgan fingerprint density at radius 1 is 1.56 bits per heavy atom. The molecule has 0 bridgehead atoms. The Hall–Kier alpha value is -1.11. The second kappa shape index (κ2) is 3.19. The quantitative estimate of drug-likeness (QED) is 0.307. The van der Waals surface area contributed by atoms with Crippen LogP contribution >= 0.6 is 22.6 Å². The van der Waals surface area contributed by atoms with Gasteiger partial charge in [0, 0.05) is 12.1 Å².